The number of hydrogen-bond acceptors (Lipinski definition) is 3. The van der Waals surface area contributed by atoms with E-state index in [1.54, 1.807) is 0 Å². The number of nitrogens with two attached hydrogens (primary N) is 1. The average Bonchev–Trinajstić information content (AvgIpc) is 2.17. The fourth-order valence-electron chi connectivity index (χ4n) is 0.960. The minimum atomic E-state index is -4.71. The van der Waals surface area contributed by atoms with Crippen LogP contribution in [0.5, 0.6) is 11.5 Å². The molecule has 1 rings (SSSR count). The van der Waals surface area contributed by atoms with Crippen LogP contribution in [0.4, 0.5) is 13.2 Å². The molecular formula is C9H10BrClF3NO2. The predicted molar refractivity (Wildman–Crippen MR) is 62.6 cm³/mol. The van der Waals surface area contributed by atoms with Gasteiger partial charge in [0, 0.05) is 12.6 Å². The summed E-state index contributed by atoms with van der Waals surface area (Å²) in [7, 11) is 0. The standard InChI is InChI=1S/C9H9BrF3NO2.ClH/c10-7-2-1-6(16-9(11,12)13)5-8(7)15-4-3-14;/h1-2,5H,3-4,14H2;1H. The van der Waals surface area contributed by atoms with Crippen LogP contribution < -0.4 is 15.2 Å². The third kappa shape index (κ3) is 5.99. The highest BCUT2D eigenvalue weighted by atomic mass is 79.9. The molecule has 98 valence electrons. The molecule has 17 heavy (non-hydrogen) atoms. The van der Waals surface area contributed by atoms with Gasteiger partial charge in [-0.2, -0.15) is 0 Å². The molecule has 0 bridgehead atoms. The largest absolute Gasteiger partial charge is 0.573 e. The summed E-state index contributed by atoms with van der Waals surface area (Å²) in [5.41, 5.74) is 5.21. The highest BCUT2D eigenvalue weighted by Crippen LogP contribution is 2.32. The lowest BCUT2D eigenvalue weighted by Crippen LogP contribution is -2.17. The second-order valence-corrected chi connectivity index (χ2v) is 3.63. The Bertz CT molecular complexity index is 363. The topological polar surface area (TPSA) is 44.5 Å². The smallest absolute Gasteiger partial charge is 0.491 e. The molecule has 0 atom stereocenters. The molecule has 1 aromatic rings. The second-order valence-electron chi connectivity index (χ2n) is 2.78. The quantitative estimate of drug-likeness (QED) is 0.919. The molecule has 0 aliphatic rings. The number of ether oxygens (including phenoxy) is 2. The summed E-state index contributed by atoms with van der Waals surface area (Å²) in [6, 6.07) is 3.74. The first-order chi connectivity index (χ1) is 7.42. The van der Waals surface area contributed by atoms with E-state index in [1.807, 2.05) is 0 Å². The van der Waals surface area contributed by atoms with Crippen molar-refractivity contribution >= 4 is 28.3 Å². The van der Waals surface area contributed by atoms with Crippen molar-refractivity contribution in [1.82, 2.24) is 0 Å². The molecule has 0 aromatic heterocycles. The first-order valence-corrected chi connectivity index (χ1v) is 5.10. The van der Waals surface area contributed by atoms with Gasteiger partial charge < -0.3 is 15.2 Å². The summed E-state index contributed by atoms with van der Waals surface area (Å²) in [5, 5.41) is 0. The van der Waals surface area contributed by atoms with Gasteiger partial charge in [-0.1, -0.05) is 0 Å². The molecule has 0 fully saturated rings. The van der Waals surface area contributed by atoms with Gasteiger partial charge in [0.1, 0.15) is 18.1 Å². The maximum atomic E-state index is 11.9. The Kier molecular flexibility index (Phi) is 6.66. The molecule has 1 aromatic carbocycles. The van der Waals surface area contributed by atoms with Gasteiger partial charge in [0.2, 0.25) is 0 Å². The van der Waals surface area contributed by atoms with Gasteiger partial charge in [-0.15, -0.1) is 25.6 Å². The Morgan fingerprint density at radius 1 is 1.29 bits per heavy atom. The van der Waals surface area contributed by atoms with Crippen LogP contribution in [0, 0.1) is 0 Å². The van der Waals surface area contributed by atoms with Gasteiger partial charge in [-0.3, -0.25) is 0 Å². The fraction of sp³-hybridized carbons (Fsp3) is 0.333. The van der Waals surface area contributed by atoms with E-state index in [0.717, 1.165) is 6.07 Å². The van der Waals surface area contributed by atoms with Crippen LogP contribution in [0.1, 0.15) is 0 Å². The summed E-state index contributed by atoms with van der Waals surface area (Å²) in [4.78, 5) is 0. The van der Waals surface area contributed by atoms with Crippen LogP contribution in [-0.4, -0.2) is 19.5 Å². The number of rotatable bonds is 4. The van der Waals surface area contributed by atoms with E-state index < -0.39 is 6.36 Å². The Morgan fingerprint density at radius 2 is 1.94 bits per heavy atom. The van der Waals surface area contributed by atoms with Crippen molar-refractivity contribution < 1.29 is 22.6 Å². The molecule has 0 unspecified atom stereocenters. The van der Waals surface area contributed by atoms with Crippen molar-refractivity contribution in [3.05, 3.63) is 22.7 Å². The van der Waals surface area contributed by atoms with E-state index in [2.05, 4.69) is 20.7 Å². The van der Waals surface area contributed by atoms with Crippen LogP contribution in [-0.2, 0) is 0 Å². The van der Waals surface area contributed by atoms with Crippen LogP contribution in [0.25, 0.3) is 0 Å². The fourth-order valence-corrected chi connectivity index (χ4v) is 1.32. The van der Waals surface area contributed by atoms with Crippen molar-refractivity contribution in [2.75, 3.05) is 13.2 Å². The molecule has 0 aliphatic carbocycles. The van der Waals surface area contributed by atoms with E-state index in [1.165, 1.54) is 12.1 Å². The van der Waals surface area contributed by atoms with E-state index in [4.69, 9.17) is 10.5 Å². The molecule has 2 N–H and O–H groups in total. The van der Waals surface area contributed by atoms with Crippen molar-refractivity contribution in [2.24, 2.45) is 5.73 Å². The summed E-state index contributed by atoms with van der Waals surface area (Å²) in [6.45, 7) is 0.491. The lowest BCUT2D eigenvalue weighted by Gasteiger charge is -2.11. The van der Waals surface area contributed by atoms with Gasteiger partial charge in [-0.25, -0.2) is 0 Å². The monoisotopic (exact) mass is 335 g/mol. The Labute approximate surface area is 111 Å². The zero-order valence-corrected chi connectivity index (χ0v) is 10.9. The maximum Gasteiger partial charge on any atom is 0.573 e. The molecule has 0 radical (unpaired) electrons. The zero-order valence-electron chi connectivity index (χ0n) is 8.46. The van der Waals surface area contributed by atoms with E-state index >= 15 is 0 Å². The minimum Gasteiger partial charge on any atom is -0.491 e. The lowest BCUT2D eigenvalue weighted by atomic mass is 10.3. The van der Waals surface area contributed by atoms with E-state index in [-0.39, 0.29) is 37.1 Å². The third-order valence-electron chi connectivity index (χ3n) is 1.51. The SMILES string of the molecule is Cl.NCCOc1cc(OC(F)(F)F)ccc1Br. The molecular weight excluding hydrogens is 326 g/mol. The number of benzene rings is 1. The normalized spacial score (nSPS) is 10.6. The summed E-state index contributed by atoms with van der Waals surface area (Å²) in [6.07, 6.45) is -4.71. The van der Waals surface area contributed by atoms with Gasteiger partial charge in [0.25, 0.3) is 0 Å². The van der Waals surface area contributed by atoms with Gasteiger partial charge in [0.15, 0.2) is 0 Å². The molecule has 0 saturated heterocycles. The predicted octanol–water partition coefficient (Wildman–Crippen LogP) is 3.11. The van der Waals surface area contributed by atoms with Crippen molar-refractivity contribution in [2.45, 2.75) is 6.36 Å². The van der Waals surface area contributed by atoms with Crippen LogP contribution in [0.3, 0.4) is 0 Å². The van der Waals surface area contributed by atoms with Crippen molar-refractivity contribution in [1.29, 1.82) is 0 Å². The summed E-state index contributed by atoms with van der Waals surface area (Å²) >= 11 is 3.14. The molecule has 0 amide bonds. The van der Waals surface area contributed by atoms with Crippen LogP contribution in [0.15, 0.2) is 22.7 Å². The first kappa shape index (κ1) is 16.3. The Hall–Kier alpha value is -0.660. The molecule has 8 heteroatoms. The third-order valence-corrected chi connectivity index (χ3v) is 2.17. The van der Waals surface area contributed by atoms with Crippen molar-refractivity contribution in [3.63, 3.8) is 0 Å². The number of hydrogen-bond donors (Lipinski definition) is 1. The average molecular weight is 337 g/mol. The zero-order chi connectivity index (χ0) is 12.2. The molecule has 0 spiro atoms. The number of halogens is 5. The lowest BCUT2D eigenvalue weighted by molar-refractivity contribution is -0.274. The molecule has 0 aliphatic heterocycles. The van der Waals surface area contributed by atoms with Crippen molar-refractivity contribution in [3.8, 4) is 11.5 Å². The van der Waals surface area contributed by atoms with Gasteiger partial charge >= 0.3 is 6.36 Å². The molecule has 0 saturated carbocycles. The number of alkyl halides is 3. The summed E-state index contributed by atoms with van der Waals surface area (Å²) in [5.74, 6) is -0.0741. The van der Waals surface area contributed by atoms with Gasteiger partial charge in [0.05, 0.1) is 4.47 Å². The Morgan fingerprint density at radius 3 is 2.47 bits per heavy atom. The highest BCUT2D eigenvalue weighted by molar-refractivity contribution is 9.10. The highest BCUT2D eigenvalue weighted by Gasteiger charge is 2.31. The van der Waals surface area contributed by atoms with E-state index in [9.17, 15) is 13.2 Å². The van der Waals surface area contributed by atoms with E-state index in [0.29, 0.717) is 4.47 Å². The van der Waals surface area contributed by atoms with Gasteiger partial charge in [-0.05, 0) is 28.1 Å². The first-order valence-electron chi connectivity index (χ1n) is 4.30. The molecule has 3 nitrogen and oxygen atoms in total. The second kappa shape index (κ2) is 6.93. The van der Waals surface area contributed by atoms with Crippen LogP contribution in [0.2, 0.25) is 0 Å². The molecule has 0 heterocycles. The minimum absolute atomic E-state index is 0. The Balaban J connectivity index is 0.00000256. The van der Waals surface area contributed by atoms with Crippen LogP contribution >= 0.6 is 28.3 Å². The summed E-state index contributed by atoms with van der Waals surface area (Å²) < 4.78 is 45.2. The maximum absolute atomic E-state index is 11.9.